The molecule has 0 bridgehead atoms. The Balaban J connectivity index is 1.65. The summed E-state index contributed by atoms with van der Waals surface area (Å²) in [5, 5.41) is 4.78. The fraction of sp³-hybridized carbons (Fsp3) is 0.333. The smallest absolute Gasteiger partial charge is 0.226 e. The number of ether oxygens (including phenoxy) is 1. The molecule has 1 aromatic carbocycles. The van der Waals surface area contributed by atoms with E-state index >= 15 is 0 Å². The highest BCUT2D eigenvalue weighted by Gasteiger charge is 2.07. The van der Waals surface area contributed by atoms with E-state index in [9.17, 15) is 4.79 Å². The second kappa shape index (κ2) is 8.69. The van der Waals surface area contributed by atoms with Crippen molar-refractivity contribution in [1.29, 1.82) is 0 Å². The lowest BCUT2D eigenvalue weighted by molar-refractivity contribution is -0.120. The van der Waals surface area contributed by atoms with Gasteiger partial charge in [-0.05, 0) is 17.9 Å². The molecule has 1 N–H and O–H groups in total. The summed E-state index contributed by atoms with van der Waals surface area (Å²) in [6.45, 7) is 3.05. The minimum absolute atomic E-state index is 0.0231. The van der Waals surface area contributed by atoms with Gasteiger partial charge in [0.25, 0.3) is 0 Å². The first-order chi connectivity index (χ1) is 10.3. The normalized spacial score (nSPS) is 10.3. The summed E-state index contributed by atoms with van der Waals surface area (Å²) in [6.07, 6.45) is 0.326. The van der Waals surface area contributed by atoms with Crippen LogP contribution in [0.25, 0.3) is 0 Å². The molecule has 0 aliphatic carbocycles. The molecule has 21 heavy (non-hydrogen) atoms. The molecule has 4 nitrogen and oxygen atoms in total. The fourth-order valence-corrected chi connectivity index (χ4v) is 3.40. The predicted octanol–water partition coefficient (Wildman–Crippen LogP) is 2.99. The SMILES string of the molecule is CCSc1nc(CC(=O)NCCOc2ccccc2)cs1. The summed E-state index contributed by atoms with van der Waals surface area (Å²) in [5.41, 5.74) is 0.831. The molecule has 0 spiro atoms. The van der Waals surface area contributed by atoms with E-state index < -0.39 is 0 Å². The summed E-state index contributed by atoms with van der Waals surface area (Å²) in [7, 11) is 0. The molecule has 0 radical (unpaired) electrons. The average Bonchev–Trinajstić information content (AvgIpc) is 2.92. The lowest BCUT2D eigenvalue weighted by Gasteiger charge is -2.07. The van der Waals surface area contributed by atoms with Crippen LogP contribution in [0.15, 0.2) is 40.1 Å². The van der Waals surface area contributed by atoms with Crippen molar-refractivity contribution in [3.05, 3.63) is 41.4 Å². The topological polar surface area (TPSA) is 51.2 Å². The highest BCUT2D eigenvalue weighted by molar-refractivity contribution is 8.00. The number of hydrogen-bond donors (Lipinski definition) is 1. The van der Waals surface area contributed by atoms with E-state index in [1.807, 2.05) is 35.7 Å². The molecule has 112 valence electrons. The standard InChI is InChI=1S/C15H18N2O2S2/c1-2-20-15-17-12(11-21-15)10-14(18)16-8-9-19-13-6-4-3-5-7-13/h3-7,11H,2,8-10H2,1H3,(H,16,18). The highest BCUT2D eigenvalue weighted by atomic mass is 32.2. The van der Waals surface area contributed by atoms with Crippen molar-refractivity contribution in [2.24, 2.45) is 0 Å². The van der Waals surface area contributed by atoms with Crippen molar-refractivity contribution in [3.63, 3.8) is 0 Å². The average molecular weight is 322 g/mol. The molecule has 2 rings (SSSR count). The first-order valence-corrected chi connectivity index (χ1v) is 8.66. The van der Waals surface area contributed by atoms with Gasteiger partial charge in [0.2, 0.25) is 5.91 Å². The van der Waals surface area contributed by atoms with Crippen LogP contribution in [0.3, 0.4) is 0 Å². The van der Waals surface area contributed by atoms with Gasteiger partial charge in [0.15, 0.2) is 0 Å². The molecular formula is C15H18N2O2S2. The van der Waals surface area contributed by atoms with Crippen LogP contribution < -0.4 is 10.1 Å². The van der Waals surface area contributed by atoms with Crippen LogP contribution >= 0.6 is 23.1 Å². The van der Waals surface area contributed by atoms with Crippen molar-refractivity contribution in [3.8, 4) is 5.75 Å². The molecule has 0 aliphatic rings. The Morgan fingerprint density at radius 2 is 2.19 bits per heavy atom. The first kappa shape index (κ1) is 15.9. The second-order valence-electron chi connectivity index (χ2n) is 4.23. The van der Waals surface area contributed by atoms with Gasteiger partial charge in [0.05, 0.1) is 18.7 Å². The number of hydrogen-bond acceptors (Lipinski definition) is 5. The summed E-state index contributed by atoms with van der Waals surface area (Å²) in [5.74, 6) is 1.79. The Hall–Kier alpha value is -1.53. The number of carbonyl (C=O) groups is 1. The maximum atomic E-state index is 11.8. The first-order valence-electron chi connectivity index (χ1n) is 6.79. The number of carbonyl (C=O) groups excluding carboxylic acids is 1. The zero-order valence-corrected chi connectivity index (χ0v) is 13.5. The summed E-state index contributed by atoms with van der Waals surface area (Å²) >= 11 is 3.29. The molecule has 0 unspecified atom stereocenters. The molecule has 0 saturated carbocycles. The highest BCUT2D eigenvalue weighted by Crippen LogP contribution is 2.22. The molecule has 2 aromatic rings. The van der Waals surface area contributed by atoms with Crippen molar-refractivity contribution in [2.45, 2.75) is 17.7 Å². The van der Waals surface area contributed by atoms with Gasteiger partial charge >= 0.3 is 0 Å². The lowest BCUT2D eigenvalue weighted by atomic mass is 10.3. The number of thiazole rings is 1. The quantitative estimate of drug-likeness (QED) is 0.599. The lowest BCUT2D eigenvalue weighted by Crippen LogP contribution is -2.29. The summed E-state index contributed by atoms with van der Waals surface area (Å²) < 4.78 is 6.53. The molecule has 6 heteroatoms. The number of thioether (sulfide) groups is 1. The van der Waals surface area contributed by atoms with Crippen LogP contribution in [0.4, 0.5) is 0 Å². The van der Waals surface area contributed by atoms with Crippen LogP contribution in [0, 0.1) is 0 Å². The zero-order chi connectivity index (χ0) is 14.9. The molecule has 1 heterocycles. The zero-order valence-electron chi connectivity index (χ0n) is 11.9. The van der Waals surface area contributed by atoms with E-state index in [0.29, 0.717) is 19.6 Å². The van der Waals surface area contributed by atoms with Gasteiger partial charge in [0.1, 0.15) is 16.7 Å². The van der Waals surface area contributed by atoms with Gasteiger partial charge in [0, 0.05) is 5.38 Å². The molecule has 1 aromatic heterocycles. The van der Waals surface area contributed by atoms with Gasteiger partial charge in [-0.25, -0.2) is 4.98 Å². The maximum Gasteiger partial charge on any atom is 0.226 e. The largest absolute Gasteiger partial charge is 0.492 e. The van der Waals surface area contributed by atoms with Crippen LogP contribution in [-0.2, 0) is 11.2 Å². The van der Waals surface area contributed by atoms with Gasteiger partial charge in [-0.3, -0.25) is 4.79 Å². The monoisotopic (exact) mass is 322 g/mol. The van der Waals surface area contributed by atoms with Crippen molar-refractivity contribution in [2.75, 3.05) is 18.9 Å². The Morgan fingerprint density at radius 1 is 1.38 bits per heavy atom. The van der Waals surface area contributed by atoms with Gasteiger partial charge in [-0.15, -0.1) is 11.3 Å². The van der Waals surface area contributed by atoms with Crippen LogP contribution in [0.2, 0.25) is 0 Å². The Labute approximate surface area is 132 Å². The van der Waals surface area contributed by atoms with Crippen molar-refractivity contribution in [1.82, 2.24) is 10.3 Å². The number of benzene rings is 1. The van der Waals surface area contributed by atoms with E-state index in [1.54, 1.807) is 23.1 Å². The van der Waals surface area contributed by atoms with E-state index in [2.05, 4.69) is 17.2 Å². The summed E-state index contributed by atoms with van der Waals surface area (Å²) in [4.78, 5) is 16.2. The second-order valence-corrected chi connectivity index (χ2v) is 6.60. The van der Waals surface area contributed by atoms with E-state index in [-0.39, 0.29) is 5.91 Å². The van der Waals surface area contributed by atoms with Gasteiger partial charge in [-0.1, -0.05) is 36.9 Å². The summed E-state index contributed by atoms with van der Waals surface area (Å²) in [6, 6.07) is 9.56. The van der Waals surface area contributed by atoms with Crippen LogP contribution in [-0.4, -0.2) is 29.8 Å². The number of amides is 1. The van der Waals surface area contributed by atoms with E-state index in [0.717, 1.165) is 21.5 Å². The number of nitrogens with one attached hydrogen (secondary N) is 1. The molecule has 1 amide bonds. The number of aromatic nitrogens is 1. The Bertz CT molecular complexity index is 558. The van der Waals surface area contributed by atoms with Gasteiger partial charge < -0.3 is 10.1 Å². The van der Waals surface area contributed by atoms with E-state index in [1.165, 1.54) is 0 Å². The molecule has 0 aliphatic heterocycles. The van der Waals surface area contributed by atoms with Gasteiger partial charge in [-0.2, -0.15) is 0 Å². The molecule has 0 fully saturated rings. The van der Waals surface area contributed by atoms with Crippen LogP contribution in [0.1, 0.15) is 12.6 Å². The Kier molecular flexibility index (Phi) is 6.56. The molecule has 0 saturated heterocycles. The number of para-hydroxylation sites is 1. The minimum atomic E-state index is -0.0231. The third-order valence-electron chi connectivity index (χ3n) is 2.58. The molecular weight excluding hydrogens is 304 g/mol. The van der Waals surface area contributed by atoms with Crippen LogP contribution in [0.5, 0.6) is 5.75 Å². The van der Waals surface area contributed by atoms with Crippen molar-refractivity contribution < 1.29 is 9.53 Å². The minimum Gasteiger partial charge on any atom is -0.492 e. The third-order valence-corrected chi connectivity index (χ3v) is 4.53. The predicted molar refractivity (Wildman–Crippen MR) is 87.2 cm³/mol. The van der Waals surface area contributed by atoms with E-state index in [4.69, 9.17) is 4.74 Å². The Morgan fingerprint density at radius 3 is 2.95 bits per heavy atom. The number of rotatable bonds is 8. The third kappa shape index (κ3) is 5.77. The number of nitrogens with zero attached hydrogens (tertiary/aromatic N) is 1. The maximum absolute atomic E-state index is 11.8. The fourth-order valence-electron chi connectivity index (χ4n) is 1.66. The van der Waals surface area contributed by atoms with Crippen molar-refractivity contribution >= 4 is 29.0 Å². The molecule has 0 atom stereocenters.